The number of likely N-dealkylation sites (tertiary alicyclic amines) is 1. The summed E-state index contributed by atoms with van der Waals surface area (Å²) in [6.45, 7) is 5.27. The summed E-state index contributed by atoms with van der Waals surface area (Å²) in [5.41, 5.74) is 0. The smallest absolute Gasteiger partial charge is 0.165 e. The van der Waals surface area contributed by atoms with Crippen molar-refractivity contribution in [1.82, 2.24) is 14.5 Å². The Bertz CT molecular complexity index is 957. The number of imidazole rings is 1. The lowest BCUT2D eigenvalue weighted by Crippen LogP contribution is -2.40. The SMILES string of the molecule is Cc1nccn1[C@H]1C[C@H]2CN(Cc3cccs3)C[C@H]2C[C@@H]1Oc1ccccc1F. The van der Waals surface area contributed by atoms with Gasteiger partial charge in [-0.3, -0.25) is 4.90 Å². The van der Waals surface area contributed by atoms with E-state index in [1.54, 1.807) is 12.1 Å². The minimum atomic E-state index is -0.290. The molecule has 0 unspecified atom stereocenters. The molecular weight excluding hydrogens is 385 g/mol. The van der Waals surface area contributed by atoms with E-state index < -0.39 is 0 Å². The summed E-state index contributed by atoms with van der Waals surface area (Å²) in [4.78, 5) is 8.42. The molecule has 0 N–H and O–H groups in total. The molecule has 4 nitrogen and oxygen atoms in total. The maximum atomic E-state index is 14.3. The highest BCUT2D eigenvalue weighted by Gasteiger charge is 2.44. The van der Waals surface area contributed by atoms with Gasteiger partial charge in [0.2, 0.25) is 0 Å². The molecule has 4 atom stereocenters. The minimum Gasteiger partial charge on any atom is -0.485 e. The van der Waals surface area contributed by atoms with Crippen LogP contribution < -0.4 is 4.74 Å². The molecule has 3 aromatic rings. The number of halogens is 1. The van der Waals surface area contributed by atoms with Gasteiger partial charge in [-0.15, -0.1) is 11.3 Å². The van der Waals surface area contributed by atoms with Crippen LogP contribution in [0.15, 0.2) is 54.2 Å². The second-order valence-corrected chi connectivity index (χ2v) is 9.33. The first kappa shape index (κ1) is 18.8. The van der Waals surface area contributed by atoms with Crippen molar-refractivity contribution < 1.29 is 9.13 Å². The highest BCUT2D eigenvalue weighted by molar-refractivity contribution is 7.09. The summed E-state index contributed by atoms with van der Waals surface area (Å²) in [6, 6.07) is 11.3. The summed E-state index contributed by atoms with van der Waals surface area (Å²) >= 11 is 1.83. The first-order chi connectivity index (χ1) is 14.2. The number of benzene rings is 1. The number of hydrogen-bond donors (Lipinski definition) is 0. The highest BCUT2D eigenvalue weighted by atomic mass is 32.1. The topological polar surface area (TPSA) is 30.3 Å². The average Bonchev–Trinajstić information content (AvgIpc) is 3.44. The van der Waals surface area contributed by atoms with Crippen LogP contribution in [0.1, 0.15) is 29.6 Å². The molecule has 6 heteroatoms. The Hall–Kier alpha value is -2.18. The number of nitrogens with zero attached hydrogens (tertiary/aromatic N) is 3. The molecular formula is C23H26FN3OS. The lowest BCUT2D eigenvalue weighted by molar-refractivity contribution is 0.0509. The van der Waals surface area contributed by atoms with E-state index in [0.29, 0.717) is 17.6 Å². The van der Waals surface area contributed by atoms with Gasteiger partial charge in [-0.25, -0.2) is 9.37 Å². The third-order valence-electron chi connectivity index (χ3n) is 6.45. The van der Waals surface area contributed by atoms with Gasteiger partial charge < -0.3 is 9.30 Å². The van der Waals surface area contributed by atoms with Crippen LogP contribution in [0.25, 0.3) is 0 Å². The number of hydrogen-bond acceptors (Lipinski definition) is 4. The lowest BCUT2D eigenvalue weighted by atomic mass is 9.77. The van der Waals surface area contributed by atoms with Gasteiger partial charge in [0, 0.05) is 36.9 Å². The summed E-state index contributed by atoms with van der Waals surface area (Å²) in [6.07, 6.45) is 5.82. The van der Waals surface area contributed by atoms with Crippen LogP contribution in [0.5, 0.6) is 5.75 Å². The van der Waals surface area contributed by atoms with Crippen LogP contribution in [0.3, 0.4) is 0 Å². The largest absolute Gasteiger partial charge is 0.485 e. The molecule has 2 aromatic heterocycles. The normalized spacial score (nSPS) is 27.1. The standard InChI is InChI=1S/C23H26FN3OS/c1-16-25-8-9-27(16)21-11-17-13-26(15-19-5-4-10-29-19)14-18(17)12-23(21)28-22-7-3-2-6-20(22)24/h2-10,17-18,21,23H,11-15H2,1H3/t17-,18+,21-,23-/m0/s1. The molecule has 3 heterocycles. The second-order valence-electron chi connectivity index (χ2n) is 8.30. The van der Waals surface area contributed by atoms with Crippen molar-refractivity contribution in [3.05, 3.63) is 70.7 Å². The van der Waals surface area contributed by atoms with E-state index in [0.717, 1.165) is 38.3 Å². The van der Waals surface area contributed by atoms with Crippen LogP contribution in [-0.2, 0) is 6.54 Å². The quantitative estimate of drug-likeness (QED) is 0.597. The van der Waals surface area contributed by atoms with Gasteiger partial charge in [-0.1, -0.05) is 18.2 Å². The van der Waals surface area contributed by atoms with E-state index in [1.165, 1.54) is 10.9 Å². The Morgan fingerprint density at radius 1 is 1.14 bits per heavy atom. The molecule has 0 spiro atoms. The number of para-hydroxylation sites is 1. The molecule has 29 heavy (non-hydrogen) atoms. The number of ether oxygens (including phenoxy) is 1. The van der Waals surface area contributed by atoms with Gasteiger partial charge in [0.25, 0.3) is 0 Å². The Morgan fingerprint density at radius 3 is 2.69 bits per heavy atom. The van der Waals surface area contributed by atoms with Crippen molar-refractivity contribution in [2.24, 2.45) is 11.8 Å². The fraction of sp³-hybridized carbons (Fsp3) is 0.435. The monoisotopic (exact) mass is 411 g/mol. The third kappa shape index (κ3) is 3.83. The van der Waals surface area contributed by atoms with E-state index in [-0.39, 0.29) is 18.0 Å². The fourth-order valence-corrected chi connectivity index (χ4v) is 5.85. The molecule has 152 valence electrons. The zero-order valence-electron chi connectivity index (χ0n) is 16.6. The average molecular weight is 412 g/mol. The van der Waals surface area contributed by atoms with Crippen molar-refractivity contribution in [2.45, 2.75) is 38.5 Å². The van der Waals surface area contributed by atoms with Gasteiger partial charge in [0.15, 0.2) is 11.6 Å². The molecule has 0 radical (unpaired) electrons. The van der Waals surface area contributed by atoms with E-state index >= 15 is 0 Å². The summed E-state index contributed by atoms with van der Waals surface area (Å²) in [5.74, 6) is 2.28. The first-order valence-corrected chi connectivity index (χ1v) is 11.2. The lowest BCUT2D eigenvalue weighted by Gasteiger charge is -2.39. The highest BCUT2D eigenvalue weighted by Crippen LogP contribution is 2.43. The van der Waals surface area contributed by atoms with E-state index in [1.807, 2.05) is 36.7 Å². The summed E-state index contributed by atoms with van der Waals surface area (Å²) < 4.78 is 22.8. The number of thiophene rings is 1. The molecule has 1 aromatic carbocycles. The predicted molar refractivity (Wildman–Crippen MR) is 113 cm³/mol. The predicted octanol–water partition coefficient (Wildman–Crippen LogP) is 4.92. The van der Waals surface area contributed by atoms with Gasteiger partial charge in [0.05, 0.1) is 6.04 Å². The molecule has 0 amide bonds. The van der Waals surface area contributed by atoms with Gasteiger partial charge >= 0.3 is 0 Å². The fourth-order valence-electron chi connectivity index (χ4n) is 5.10. The summed E-state index contributed by atoms with van der Waals surface area (Å²) in [5, 5.41) is 2.15. The first-order valence-electron chi connectivity index (χ1n) is 10.3. The van der Waals surface area contributed by atoms with Crippen LogP contribution in [-0.4, -0.2) is 33.6 Å². The molecule has 1 saturated heterocycles. The molecule has 1 aliphatic carbocycles. The molecule has 1 saturated carbocycles. The van der Waals surface area contributed by atoms with Crippen molar-refractivity contribution in [1.29, 1.82) is 0 Å². The number of rotatable bonds is 5. The second kappa shape index (κ2) is 7.92. The molecule has 1 aliphatic heterocycles. The minimum absolute atomic E-state index is 0.0530. The number of aryl methyl sites for hydroxylation is 1. The molecule has 2 fully saturated rings. The Morgan fingerprint density at radius 2 is 1.97 bits per heavy atom. The van der Waals surface area contributed by atoms with Crippen LogP contribution in [0.2, 0.25) is 0 Å². The van der Waals surface area contributed by atoms with Crippen LogP contribution in [0.4, 0.5) is 4.39 Å². The molecule has 5 rings (SSSR count). The Kier molecular flexibility index (Phi) is 5.14. The number of aromatic nitrogens is 2. The van der Waals surface area contributed by atoms with E-state index in [2.05, 4.69) is 32.0 Å². The molecule has 0 bridgehead atoms. The number of fused-ring (bicyclic) bond motifs is 1. The zero-order valence-corrected chi connectivity index (χ0v) is 17.4. The van der Waals surface area contributed by atoms with Gasteiger partial charge in [-0.2, -0.15) is 0 Å². The van der Waals surface area contributed by atoms with Crippen LogP contribution >= 0.6 is 11.3 Å². The van der Waals surface area contributed by atoms with E-state index in [4.69, 9.17) is 4.74 Å². The third-order valence-corrected chi connectivity index (χ3v) is 7.32. The van der Waals surface area contributed by atoms with Crippen LogP contribution in [0, 0.1) is 24.6 Å². The zero-order chi connectivity index (χ0) is 19.8. The molecule has 2 aliphatic rings. The van der Waals surface area contributed by atoms with E-state index in [9.17, 15) is 4.39 Å². The maximum Gasteiger partial charge on any atom is 0.165 e. The summed E-state index contributed by atoms with van der Waals surface area (Å²) in [7, 11) is 0. The van der Waals surface area contributed by atoms with Crippen molar-refractivity contribution in [3.8, 4) is 5.75 Å². The van der Waals surface area contributed by atoms with Gasteiger partial charge in [0.1, 0.15) is 11.9 Å². The Balaban J connectivity index is 1.37. The maximum absolute atomic E-state index is 14.3. The van der Waals surface area contributed by atoms with Crippen molar-refractivity contribution in [3.63, 3.8) is 0 Å². The van der Waals surface area contributed by atoms with Gasteiger partial charge in [-0.05, 0) is 55.2 Å². The van der Waals surface area contributed by atoms with Crippen molar-refractivity contribution >= 4 is 11.3 Å². The van der Waals surface area contributed by atoms with Crippen molar-refractivity contribution in [2.75, 3.05) is 13.1 Å². The Labute approximate surface area is 175 Å².